The molecule has 1 aliphatic carbocycles. The van der Waals surface area contributed by atoms with Gasteiger partial charge < -0.3 is 15.3 Å². The van der Waals surface area contributed by atoms with Gasteiger partial charge >= 0.3 is 0 Å². The van der Waals surface area contributed by atoms with Gasteiger partial charge in [0.05, 0.1) is 23.3 Å². The van der Waals surface area contributed by atoms with Crippen molar-refractivity contribution in [3.63, 3.8) is 0 Å². The highest BCUT2D eigenvalue weighted by molar-refractivity contribution is 7.15. The first kappa shape index (κ1) is 23.4. The third-order valence-corrected chi connectivity index (χ3v) is 8.42. The van der Waals surface area contributed by atoms with Gasteiger partial charge in [0.2, 0.25) is 5.13 Å². The predicted octanol–water partition coefficient (Wildman–Crippen LogP) is 4.77. The summed E-state index contributed by atoms with van der Waals surface area (Å²) in [5.74, 6) is 1.31. The maximum absolute atomic E-state index is 9.06. The van der Waals surface area contributed by atoms with Gasteiger partial charge in [-0.3, -0.25) is 9.67 Å². The van der Waals surface area contributed by atoms with E-state index < -0.39 is 0 Å². The van der Waals surface area contributed by atoms with Gasteiger partial charge in [0.15, 0.2) is 0 Å². The largest absolute Gasteiger partial charge is 0.396 e. The zero-order chi connectivity index (χ0) is 24.3. The van der Waals surface area contributed by atoms with E-state index >= 15 is 0 Å². The van der Waals surface area contributed by atoms with E-state index in [9.17, 15) is 0 Å². The molecule has 10 heteroatoms. The molecule has 0 radical (unpaired) electrons. The lowest BCUT2D eigenvalue weighted by molar-refractivity contribution is 0.164. The molecule has 2 fully saturated rings. The molecule has 4 aromatic heterocycles. The second-order valence-corrected chi connectivity index (χ2v) is 10.9. The molecule has 5 heterocycles. The summed E-state index contributed by atoms with van der Waals surface area (Å²) in [4.78, 5) is 11.9. The summed E-state index contributed by atoms with van der Waals surface area (Å²) in [6, 6.07) is 6.42. The van der Waals surface area contributed by atoms with Crippen LogP contribution in [0, 0.1) is 0 Å². The SMILES string of the molecule is OCCCN1CCC(n2cc(-c3cnc4ccc(Nc5nnc(C6CCCC6)s5)nc4c3)cn2)CC1. The molecular formula is C26H32N8OS. The van der Waals surface area contributed by atoms with Crippen LogP contribution in [0.25, 0.3) is 22.2 Å². The van der Waals surface area contributed by atoms with Crippen LogP contribution in [0.15, 0.2) is 36.8 Å². The van der Waals surface area contributed by atoms with Crippen molar-refractivity contribution >= 4 is 33.3 Å². The van der Waals surface area contributed by atoms with Crippen LogP contribution in [-0.4, -0.2) is 66.2 Å². The van der Waals surface area contributed by atoms with Crippen molar-refractivity contribution in [1.82, 2.24) is 34.8 Å². The first-order valence-electron chi connectivity index (χ1n) is 13.0. The summed E-state index contributed by atoms with van der Waals surface area (Å²) >= 11 is 1.64. The summed E-state index contributed by atoms with van der Waals surface area (Å²) in [5.41, 5.74) is 3.76. The molecule has 188 valence electrons. The first-order chi connectivity index (χ1) is 17.7. The molecule has 4 aromatic rings. The fourth-order valence-corrected chi connectivity index (χ4v) is 6.27. The van der Waals surface area contributed by atoms with E-state index in [2.05, 4.69) is 47.4 Å². The minimum Gasteiger partial charge on any atom is -0.396 e. The van der Waals surface area contributed by atoms with Crippen LogP contribution in [0.2, 0.25) is 0 Å². The smallest absolute Gasteiger partial charge is 0.211 e. The third kappa shape index (κ3) is 5.11. The Hall–Kier alpha value is -2.95. The molecule has 1 saturated heterocycles. The predicted molar refractivity (Wildman–Crippen MR) is 142 cm³/mol. The monoisotopic (exact) mass is 504 g/mol. The van der Waals surface area contributed by atoms with Gasteiger partial charge in [-0.05, 0) is 50.3 Å². The highest BCUT2D eigenvalue weighted by Gasteiger charge is 2.22. The fraction of sp³-hybridized carbons (Fsp3) is 0.500. The molecule has 0 spiro atoms. The maximum atomic E-state index is 9.06. The van der Waals surface area contributed by atoms with Crippen LogP contribution < -0.4 is 5.32 Å². The number of rotatable bonds is 8. The lowest BCUT2D eigenvalue weighted by atomic mass is 10.0. The Labute approximate surface area is 214 Å². The van der Waals surface area contributed by atoms with E-state index in [1.807, 2.05) is 24.5 Å². The number of hydrogen-bond acceptors (Lipinski definition) is 9. The molecule has 36 heavy (non-hydrogen) atoms. The molecule has 2 aliphatic rings. The number of hydrogen-bond donors (Lipinski definition) is 2. The van der Waals surface area contributed by atoms with Gasteiger partial charge in [-0.25, -0.2) is 4.98 Å². The topological polar surface area (TPSA) is 105 Å². The Balaban J connectivity index is 1.15. The van der Waals surface area contributed by atoms with Gasteiger partial charge in [-0.2, -0.15) is 5.10 Å². The van der Waals surface area contributed by atoms with Crippen molar-refractivity contribution in [2.24, 2.45) is 0 Å². The van der Waals surface area contributed by atoms with E-state index in [4.69, 9.17) is 10.1 Å². The number of aliphatic hydroxyl groups is 1. The Morgan fingerprint density at radius 2 is 1.86 bits per heavy atom. The Bertz CT molecular complexity index is 1310. The number of nitrogens with zero attached hydrogens (tertiary/aromatic N) is 7. The average Bonchev–Trinajstić information content (AvgIpc) is 3.69. The normalized spacial score (nSPS) is 17.8. The summed E-state index contributed by atoms with van der Waals surface area (Å²) < 4.78 is 2.10. The molecule has 6 rings (SSSR count). The lowest BCUT2D eigenvalue weighted by Gasteiger charge is -2.31. The van der Waals surface area contributed by atoms with Gasteiger partial charge in [0, 0.05) is 55.7 Å². The summed E-state index contributed by atoms with van der Waals surface area (Å²) in [7, 11) is 0. The number of aliphatic hydroxyl groups excluding tert-OH is 1. The summed E-state index contributed by atoms with van der Waals surface area (Å²) in [6.45, 7) is 3.33. The second kappa shape index (κ2) is 10.6. The van der Waals surface area contributed by atoms with Crippen molar-refractivity contribution in [2.75, 3.05) is 31.6 Å². The zero-order valence-corrected chi connectivity index (χ0v) is 21.2. The van der Waals surface area contributed by atoms with Crippen molar-refractivity contribution in [3.8, 4) is 11.1 Å². The van der Waals surface area contributed by atoms with Crippen molar-refractivity contribution in [3.05, 3.63) is 41.8 Å². The molecule has 0 bridgehead atoms. The Morgan fingerprint density at radius 3 is 2.69 bits per heavy atom. The third-order valence-electron chi connectivity index (χ3n) is 7.42. The number of anilines is 2. The number of aromatic nitrogens is 6. The fourth-order valence-electron chi connectivity index (χ4n) is 5.36. The second-order valence-electron chi connectivity index (χ2n) is 9.87. The van der Waals surface area contributed by atoms with E-state index in [0.29, 0.717) is 12.0 Å². The molecule has 1 aliphatic heterocycles. The molecule has 1 saturated carbocycles. The molecule has 9 nitrogen and oxygen atoms in total. The van der Waals surface area contributed by atoms with E-state index in [-0.39, 0.29) is 6.61 Å². The first-order valence-corrected chi connectivity index (χ1v) is 13.8. The van der Waals surface area contributed by atoms with Gasteiger partial charge in [-0.1, -0.05) is 24.2 Å². The average molecular weight is 505 g/mol. The number of pyridine rings is 2. The number of piperidine rings is 1. The molecular weight excluding hydrogens is 472 g/mol. The van der Waals surface area contributed by atoms with Crippen LogP contribution >= 0.6 is 11.3 Å². The minimum absolute atomic E-state index is 0.262. The quantitative estimate of drug-likeness (QED) is 0.354. The van der Waals surface area contributed by atoms with Crippen LogP contribution in [0.4, 0.5) is 10.9 Å². The van der Waals surface area contributed by atoms with Crippen LogP contribution in [0.3, 0.4) is 0 Å². The number of likely N-dealkylation sites (tertiary alicyclic amines) is 1. The zero-order valence-electron chi connectivity index (χ0n) is 20.4. The molecule has 0 atom stereocenters. The highest BCUT2D eigenvalue weighted by atomic mass is 32.1. The van der Waals surface area contributed by atoms with Gasteiger partial charge in [0.25, 0.3) is 0 Å². The molecule has 0 aromatic carbocycles. The van der Waals surface area contributed by atoms with Crippen molar-refractivity contribution in [2.45, 2.75) is 56.9 Å². The minimum atomic E-state index is 0.262. The van der Waals surface area contributed by atoms with Crippen LogP contribution in [0.5, 0.6) is 0 Å². The molecule has 2 N–H and O–H groups in total. The Morgan fingerprint density at radius 1 is 1.00 bits per heavy atom. The van der Waals surface area contributed by atoms with E-state index in [0.717, 1.165) is 77.0 Å². The number of nitrogens with one attached hydrogen (secondary N) is 1. The van der Waals surface area contributed by atoms with Crippen LogP contribution in [0.1, 0.15) is 61.9 Å². The van der Waals surface area contributed by atoms with Gasteiger partial charge in [-0.15, -0.1) is 10.2 Å². The lowest BCUT2D eigenvalue weighted by Crippen LogP contribution is -2.35. The highest BCUT2D eigenvalue weighted by Crippen LogP contribution is 2.37. The molecule has 0 unspecified atom stereocenters. The molecule has 0 amide bonds. The summed E-state index contributed by atoms with van der Waals surface area (Å²) in [6.07, 6.45) is 14.0. The Kier molecular flexibility index (Phi) is 6.89. The summed E-state index contributed by atoms with van der Waals surface area (Å²) in [5, 5.41) is 27.8. The van der Waals surface area contributed by atoms with Crippen molar-refractivity contribution < 1.29 is 5.11 Å². The van der Waals surface area contributed by atoms with E-state index in [1.54, 1.807) is 11.3 Å². The standard InChI is InChI=1S/C26H32N8OS/c35-13-3-10-33-11-8-21(9-12-33)34-17-20(16-28-34)19-14-23-22(27-15-19)6-7-24(29-23)30-26-32-31-25(36-26)18-4-1-2-5-18/h6-7,14-18,21,35H,1-5,8-13H2,(H,29,30,32). The van der Waals surface area contributed by atoms with Gasteiger partial charge in [0.1, 0.15) is 10.8 Å². The maximum Gasteiger partial charge on any atom is 0.211 e. The van der Waals surface area contributed by atoms with E-state index in [1.165, 1.54) is 25.7 Å². The van der Waals surface area contributed by atoms with Crippen LogP contribution in [-0.2, 0) is 0 Å². The number of fused-ring (bicyclic) bond motifs is 1. The van der Waals surface area contributed by atoms with Crippen molar-refractivity contribution in [1.29, 1.82) is 0 Å².